The van der Waals surface area contributed by atoms with Gasteiger partial charge in [-0.15, -0.1) is 0 Å². The molecule has 0 radical (unpaired) electrons. The predicted molar refractivity (Wildman–Crippen MR) is 187 cm³/mol. The standard InChI is InChI=1S/C33H38N8O7S2/c1-2-3-16-39-49(45,46)27-10-5-23(6-11-27)24-7-12-28(13-8-24)50(47,48)40-29(32(43)44)22-37-31(42)25-9-14-30-26(20-25)21-38-41(30)19-4-15-34-33-35-17-18-36-33/h5-14,17-18,20-21,29,39-40H,2-4,15-16,19,22H2,1H3,(H,37,42)(H,43,44)(H2,34,35,36)/t29-/m0/s1. The number of aromatic amines is 1. The molecule has 15 nitrogen and oxygen atoms in total. The maximum Gasteiger partial charge on any atom is 0.323 e. The number of benzene rings is 3. The van der Waals surface area contributed by atoms with E-state index >= 15 is 0 Å². The molecule has 0 unspecified atom stereocenters. The molecule has 6 N–H and O–H groups in total. The fourth-order valence-corrected chi connectivity index (χ4v) is 7.32. The fraction of sp³-hybridized carbons (Fsp3) is 0.273. The van der Waals surface area contributed by atoms with E-state index in [2.05, 4.69) is 35.1 Å². The number of aliphatic carboxylic acids is 1. The molecule has 0 spiro atoms. The number of H-pyrrole nitrogens is 1. The molecular weight excluding hydrogens is 685 g/mol. The number of aromatic nitrogens is 4. The summed E-state index contributed by atoms with van der Waals surface area (Å²) in [5, 5.41) is 20.5. The summed E-state index contributed by atoms with van der Waals surface area (Å²) in [4.78, 5) is 31.9. The first-order valence-corrected chi connectivity index (χ1v) is 18.9. The lowest BCUT2D eigenvalue weighted by Crippen LogP contribution is -2.48. The van der Waals surface area contributed by atoms with E-state index in [1.165, 1.54) is 36.4 Å². The summed E-state index contributed by atoms with van der Waals surface area (Å²) in [6.45, 7) is 3.11. The molecule has 2 heterocycles. The van der Waals surface area contributed by atoms with Gasteiger partial charge in [-0.3, -0.25) is 14.3 Å². The first-order chi connectivity index (χ1) is 24.0. The summed E-state index contributed by atoms with van der Waals surface area (Å²) in [6, 6.07) is 15.2. The lowest BCUT2D eigenvalue weighted by atomic mass is 10.1. The number of carbonyl (C=O) groups is 2. The number of anilines is 1. The van der Waals surface area contributed by atoms with Crippen LogP contribution in [0.2, 0.25) is 0 Å². The van der Waals surface area contributed by atoms with Crippen LogP contribution in [0.1, 0.15) is 36.5 Å². The second kappa shape index (κ2) is 16.1. The van der Waals surface area contributed by atoms with Crippen LogP contribution in [0, 0.1) is 0 Å². The first-order valence-electron chi connectivity index (χ1n) is 15.9. The van der Waals surface area contributed by atoms with Crippen LogP contribution in [0.3, 0.4) is 0 Å². The highest BCUT2D eigenvalue weighted by Gasteiger charge is 2.26. The van der Waals surface area contributed by atoms with Crippen molar-refractivity contribution in [2.45, 2.75) is 48.6 Å². The molecule has 3 aromatic carbocycles. The number of aryl methyl sites for hydroxylation is 1. The van der Waals surface area contributed by atoms with Gasteiger partial charge in [0.25, 0.3) is 5.91 Å². The molecule has 5 aromatic rings. The second-order valence-electron chi connectivity index (χ2n) is 11.4. The third kappa shape index (κ3) is 9.12. The van der Waals surface area contributed by atoms with Crippen molar-refractivity contribution in [1.82, 2.24) is 34.5 Å². The highest BCUT2D eigenvalue weighted by molar-refractivity contribution is 7.89. The zero-order chi connectivity index (χ0) is 35.7. The molecule has 0 bridgehead atoms. The number of nitrogens with one attached hydrogen (secondary N) is 5. The van der Waals surface area contributed by atoms with Crippen LogP contribution in [0.15, 0.2) is 95.1 Å². The van der Waals surface area contributed by atoms with Gasteiger partial charge in [-0.25, -0.2) is 26.5 Å². The number of unbranched alkanes of at least 4 members (excludes halogenated alkanes) is 1. The second-order valence-corrected chi connectivity index (χ2v) is 14.9. The Morgan fingerprint density at radius 2 is 1.58 bits per heavy atom. The third-order valence-electron chi connectivity index (χ3n) is 7.79. The summed E-state index contributed by atoms with van der Waals surface area (Å²) in [7, 11) is -7.93. The number of amides is 1. The molecule has 17 heteroatoms. The first kappa shape index (κ1) is 36.2. The lowest BCUT2D eigenvalue weighted by Gasteiger charge is -2.16. The van der Waals surface area contributed by atoms with Gasteiger partial charge >= 0.3 is 5.97 Å². The highest BCUT2D eigenvalue weighted by Crippen LogP contribution is 2.23. The van der Waals surface area contributed by atoms with Crippen molar-refractivity contribution in [2.75, 3.05) is 25.0 Å². The SMILES string of the molecule is CCCCNS(=O)(=O)c1ccc(-c2ccc(S(=O)(=O)N[C@@H](CNC(=O)c3ccc4c(cnn4CCCNc4ncc[nH]4)c3)C(=O)O)cc2)cc1. The number of carboxylic acids is 1. The molecule has 0 saturated heterocycles. The van der Waals surface area contributed by atoms with Crippen LogP contribution in [-0.4, -0.2) is 79.2 Å². The fourth-order valence-electron chi connectivity index (χ4n) is 5.06. The van der Waals surface area contributed by atoms with Crippen molar-refractivity contribution >= 4 is 48.8 Å². The maximum atomic E-state index is 13.1. The average molecular weight is 723 g/mol. The zero-order valence-corrected chi connectivity index (χ0v) is 28.8. The van der Waals surface area contributed by atoms with E-state index in [-0.39, 0.29) is 15.4 Å². The average Bonchev–Trinajstić information content (AvgIpc) is 3.78. The Kier molecular flexibility index (Phi) is 11.6. The summed E-state index contributed by atoms with van der Waals surface area (Å²) in [5.41, 5.74) is 2.36. The van der Waals surface area contributed by atoms with Gasteiger partial charge < -0.3 is 20.7 Å². The van der Waals surface area contributed by atoms with Gasteiger partial charge in [0.15, 0.2) is 5.95 Å². The summed E-state index contributed by atoms with van der Waals surface area (Å²) < 4.78 is 57.6. The van der Waals surface area contributed by atoms with E-state index in [1.54, 1.807) is 48.9 Å². The van der Waals surface area contributed by atoms with Crippen molar-refractivity contribution in [1.29, 1.82) is 0 Å². The number of hydrogen-bond donors (Lipinski definition) is 6. The van der Waals surface area contributed by atoms with Crippen molar-refractivity contribution in [3.8, 4) is 11.1 Å². The molecule has 264 valence electrons. The van der Waals surface area contributed by atoms with E-state index < -0.39 is 44.5 Å². The Hall–Kier alpha value is -5.10. The molecule has 0 saturated carbocycles. The third-order valence-corrected chi connectivity index (χ3v) is 10.8. The predicted octanol–water partition coefficient (Wildman–Crippen LogP) is 3.17. The molecule has 0 aliphatic carbocycles. The highest BCUT2D eigenvalue weighted by atomic mass is 32.2. The summed E-state index contributed by atoms with van der Waals surface area (Å²) in [6.07, 6.45) is 7.38. The van der Waals surface area contributed by atoms with Gasteiger partial charge in [-0.05, 0) is 66.4 Å². The number of rotatable bonds is 18. The molecular formula is C33H38N8O7S2. The van der Waals surface area contributed by atoms with Gasteiger partial charge in [-0.1, -0.05) is 37.6 Å². The molecule has 0 fully saturated rings. The molecule has 0 aliphatic rings. The molecule has 1 amide bonds. The summed E-state index contributed by atoms with van der Waals surface area (Å²) in [5.74, 6) is -1.36. The molecule has 0 aliphatic heterocycles. The number of hydrogen-bond acceptors (Lipinski definition) is 9. The Balaban J connectivity index is 1.16. The van der Waals surface area contributed by atoms with Gasteiger partial charge in [0.05, 0.1) is 21.5 Å². The largest absolute Gasteiger partial charge is 0.480 e. The number of imidazole rings is 1. The van der Waals surface area contributed by atoms with Crippen LogP contribution in [0.5, 0.6) is 0 Å². The van der Waals surface area contributed by atoms with Gasteiger partial charge in [0, 0.05) is 49.5 Å². The van der Waals surface area contributed by atoms with E-state index in [0.717, 1.165) is 30.2 Å². The van der Waals surface area contributed by atoms with Gasteiger partial charge in [-0.2, -0.15) is 9.82 Å². The Morgan fingerprint density at radius 3 is 2.20 bits per heavy atom. The lowest BCUT2D eigenvalue weighted by molar-refractivity contribution is -0.138. The number of carboxylic acid groups (broad SMARTS) is 1. The minimum absolute atomic E-state index is 0.116. The monoisotopic (exact) mass is 722 g/mol. The summed E-state index contributed by atoms with van der Waals surface area (Å²) >= 11 is 0. The van der Waals surface area contributed by atoms with Crippen LogP contribution >= 0.6 is 0 Å². The smallest absolute Gasteiger partial charge is 0.323 e. The van der Waals surface area contributed by atoms with Crippen molar-refractivity contribution in [2.24, 2.45) is 0 Å². The Labute approximate surface area is 289 Å². The normalized spacial score (nSPS) is 12.5. The maximum absolute atomic E-state index is 13.1. The molecule has 1 atom stereocenters. The van der Waals surface area contributed by atoms with Gasteiger partial charge in [0.2, 0.25) is 20.0 Å². The van der Waals surface area contributed by atoms with Crippen LogP contribution < -0.4 is 20.1 Å². The molecule has 5 rings (SSSR count). The Bertz CT molecular complexity index is 2130. The number of sulfonamides is 2. The van der Waals surface area contributed by atoms with Crippen LogP contribution in [0.25, 0.3) is 22.0 Å². The zero-order valence-electron chi connectivity index (χ0n) is 27.2. The quantitative estimate of drug-likeness (QED) is 0.0726. The number of fused-ring (bicyclic) bond motifs is 1. The van der Waals surface area contributed by atoms with Crippen molar-refractivity contribution in [3.05, 3.63) is 90.9 Å². The van der Waals surface area contributed by atoms with Crippen LogP contribution in [0.4, 0.5) is 5.95 Å². The van der Waals surface area contributed by atoms with E-state index in [0.29, 0.717) is 36.7 Å². The number of carbonyl (C=O) groups excluding carboxylic acids is 1. The minimum atomic E-state index is -4.29. The van der Waals surface area contributed by atoms with Crippen molar-refractivity contribution in [3.63, 3.8) is 0 Å². The van der Waals surface area contributed by atoms with Gasteiger partial charge in [0.1, 0.15) is 6.04 Å². The van der Waals surface area contributed by atoms with Crippen LogP contribution in [-0.2, 0) is 31.4 Å². The molecule has 50 heavy (non-hydrogen) atoms. The van der Waals surface area contributed by atoms with Crippen molar-refractivity contribution < 1.29 is 31.5 Å². The minimum Gasteiger partial charge on any atom is -0.480 e. The number of nitrogens with zero attached hydrogens (tertiary/aromatic N) is 3. The topological polar surface area (TPSA) is 217 Å². The Morgan fingerprint density at radius 1 is 0.900 bits per heavy atom. The van der Waals surface area contributed by atoms with E-state index in [1.807, 2.05) is 11.6 Å². The van der Waals surface area contributed by atoms with E-state index in [9.17, 15) is 31.5 Å². The van der Waals surface area contributed by atoms with E-state index in [4.69, 9.17) is 0 Å². The molecule has 2 aromatic heterocycles.